The third-order valence-electron chi connectivity index (χ3n) is 4.16. The van der Waals surface area contributed by atoms with Gasteiger partial charge in [0.05, 0.1) is 7.11 Å². The Morgan fingerprint density at radius 2 is 2.16 bits per heavy atom. The van der Waals surface area contributed by atoms with E-state index in [0.717, 1.165) is 0 Å². The number of amides is 1. The maximum absolute atomic E-state index is 12.0. The minimum absolute atomic E-state index is 0.0138. The van der Waals surface area contributed by atoms with Crippen LogP contribution >= 0.6 is 0 Å². The molecule has 104 valence electrons. The lowest BCUT2D eigenvalue weighted by molar-refractivity contribution is 0.0939. The summed E-state index contributed by atoms with van der Waals surface area (Å²) in [6.07, 6.45) is 2.36. The molecule has 0 saturated heterocycles. The van der Waals surface area contributed by atoms with Crippen LogP contribution in [0.3, 0.4) is 0 Å². The van der Waals surface area contributed by atoms with Crippen molar-refractivity contribution in [3.63, 3.8) is 0 Å². The van der Waals surface area contributed by atoms with E-state index < -0.39 is 0 Å². The lowest BCUT2D eigenvalue weighted by atomic mass is 9.92. The summed E-state index contributed by atoms with van der Waals surface area (Å²) in [4.78, 5) is 12.0. The van der Waals surface area contributed by atoms with Gasteiger partial charge in [-0.15, -0.1) is 0 Å². The normalized spacial score (nSPS) is 16.2. The largest absolute Gasteiger partial charge is 0.504 e. The Labute approximate surface area is 113 Å². The molecule has 4 nitrogen and oxygen atoms in total. The predicted octanol–water partition coefficient (Wildman–Crippen LogP) is 2.57. The van der Waals surface area contributed by atoms with Gasteiger partial charge in [0.1, 0.15) is 0 Å². The number of phenols is 1. The number of aromatic hydroxyl groups is 1. The number of hydrogen-bond acceptors (Lipinski definition) is 3. The number of hydrogen-bond donors (Lipinski definition) is 2. The lowest BCUT2D eigenvalue weighted by Gasteiger charge is -2.20. The molecule has 1 aliphatic carbocycles. The molecular weight excluding hydrogens is 242 g/mol. The summed E-state index contributed by atoms with van der Waals surface area (Å²) in [5.41, 5.74) is 0.738. The molecule has 2 rings (SSSR count). The van der Waals surface area contributed by atoms with Gasteiger partial charge in [-0.1, -0.05) is 13.8 Å². The minimum Gasteiger partial charge on any atom is -0.504 e. The van der Waals surface area contributed by atoms with E-state index in [4.69, 9.17) is 4.74 Å². The standard InChI is InChI=1S/C15H21NO3/c1-10(2)15(6-7-15)9-16-14(18)11-4-5-13(19-3)12(17)8-11/h4-5,8,10,17H,6-7,9H2,1-3H3,(H,16,18). The van der Waals surface area contributed by atoms with E-state index in [1.165, 1.54) is 26.0 Å². The van der Waals surface area contributed by atoms with Crippen molar-refractivity contribution in [1.82, 2.24) is 5.32 Å². The zero-order valence-corrected chi connectivity index (χ0v) is 11.7. The van der Waals surface area contributed by atoms with Gasteiger partial charge >= 0.3 is 0 Å². The average Bonchev–Trinajstić information content (AvgIpc) is 3.17. The van der Waals surface area contributed by atoms with E-state index >= 15 is 0 Å². The summed E-state index contributed by atoms with van der Waals surface area (Å²) in [6.45, 7) is 5.09. The minimum atomic E-state index is -0.148. The Morgan fingerprint density at radius 3 is 2.63 bits per heavy atom. The van der Waals surface area contributed by atoms with Crippen molar-refractivity contribution in [2.75, 3.05) is 13.7 Å². The van der Waals surface area contributed by atoms with Crippen LogP contribution in [-0.4, -0.2) is 24.7 Å². The Bertz CT molecular complexity index is 478. The highest BCUT2D eigenvalue weighted by molar-refractivity contribution is 5.94. The number of ether oxygens (including phenoxy) is 1. The number of phenolic OH excluding ortho intramolecular Hbond substituents is 1. The van der Waals surface area contributed by atoms with Crippen LogP contribution in [0.4, 0.5) is 0 Å². The van der Waals surface area contributed by atoms with E-state index in [1.807, 2.05) is 0 Å². The molecule has 1 amide bonds. The highest BCUT2D eigenvalue weighted by Crippen LogP contribution is 2.51. The zero-order valence-electron chi connectivity index (χ0n) is 11.7. The van der Waals surface area contributed by atoms with E-state index in [9.17, 15) is 9.90 Å². The van der Waals surface area contributed by atoms with Gasteiger partial charge in [-0.25, -0.2) is 0 Å². The SMILES string of the molecule is COc1ccc(C(=O)NCC2(C(C)C)CC2)cc1O. The zero-order chi connectivity index (χ0) is 14.0. The molecule has 0 heterocycles. The van der Waals surface area contributed by atoms with Crippen molar-refractivity contribution < 1.29 is 14.6 Å². The number of carbonyl (C=O) groups excluding carboxylic acids is 1. The number of rotatable bonds is 5. The highest BCUT2D eigenvalue weighted by atomic mass is 16.5. The number of methoxy groups -OCH3 is 1. The summed E-state index contributed by atoms with van der Waals surface area (Å²) in [5.74, 6) is 0.791. The predicted molar refractivity (Wildman–Crippen MR) is 73.5 cm³/mol. The Balaban J connectivity index is 1.99. The molecule has 0 aliphatic heterocycles. The maximum Gasteiger partial charge on any atom is 0.251 e. The molecule has 0 unspecified atom stereocenters. The van der Waals surface area contributed by atoms with Gasteiger partial charge in [0.15, 0.2) is 11.5 Å². The molecule has 1 fully saturated rings. The molecule has 0 spiro atoms. The first-order valence-corrected chi connectivity index (χ1v) is 6.64. The van der Waals surface area contributed by atoms with Crippen LogP contribution in [0.2, 0.25) is 0 Å². The van der Waals surface area contributed by atoms with Gasteiger partial charge in [-0.2, -0.15) is 0 Å². The van der Waals surface area contributed by atoms with Gasteiger partial charge in [0, 0.05) is 12.1 Å². The third kappa shape index (κ3) is 2.83. The molecule has 1 aromatic carbocycles. The number of benzene rings is 1. The molecule has 0 radical (unpaired) electrons. The van der Waals surface area contributed by atoms with E-state index in [-0.39, 0.29) is 17.1 Å². The van der Waals surface area contributed by atoms with E-state index in [2.05, 4.69) is 19.2 Å². The molecule has 2 N–H and O–H groups in total. The van der Waals surface area contributed by atoms with Crippen LogP contribution in [0, 0.1) is 11.3 Å². The number of carbonyl (C=O) groups is 1. The van der Waals surface area contributed by atoms with Crippen molar-refractivity contribution in [2.24, 2.45) is 11.3 Å². The quantitative estimate of drug-likeness (QED) is 0.858. The van der Waals surface area contributed by atoms with Crippen LogP contribution in [0.5, 0.6) is 11.5 Å². The molecule has 4 heteroatoms. The summed E-state index contributed by atoms with van der Waals surface area (Å²) in [6, 6.07) is 4.69. The topological polar surface area (TPSA) is 58.6 Å². The summed E-state index contributed by atoms with van der Waals surface area (Å²) >= 11 is 0. The van der Waals surface area contributed by atoms with Crippen molar-refractivity contribution in [1.29, 1.82) is 0 Å². The fourth-order valence-electron chi connectivity index (χ4n) is 2.31. The lowest BCUT2D eigenvalue weighted by Crippen LogP contribution is -2.32. The second-order valence-corrected chi connectivity index (χ2v) is 5.59. The molecule has 0 aromatic heterocycles. The van der Waals surface area contributed by atoms with Crippen molar-refractivity contribution >= 4 is 5.91 Å². The van der Waals surface area contributed by atoms with Crippen LogP contribution in [0.15, 0.2) is 18.2 Å². The highest BCUT2D eigenvalue weighted by Gasteiger charge is 2.45. The van der Waals surface area contributed by atoms with Crippen LogP contribution in [0.1, 0.15) is 37.0 Å². The van der Waals surface area contributed by atoms with Crippen LogP contribution in [-0.2, 0) is 0 Å². The van der Waals surface area contributed by atoms with Gasteiger partial charge < -0.3 is 15.2 Å². The first kappa shape index (κ1) is 13.7. The third-order valence-corrected chi connectivity index (χ3v) is 4.16. The molecule has 0 atom stereocenters. The van der Waals surface area contributed by atoms with E-state index in [0.29, 0.717) is 23.8 Å². The average molecular weight is 263 g/mol. The summed E-state index contributed by atoms with van der Waals surface area (Å²) in [5, 5.41) is 12.6. The molecule has 1 aromatic rings. The van der Waals surface area contributed by atoms with E-state index in [1.54, 1.807) is 12.1 Å². The number of nitrogens with one attached hydrogen (secondary N) is 1. The molecule has 1 aliphatic rings. The maximum atomic E-state index is 12.0. The van der Waals surface area contributed by atoms with Crippen LogP contribution in [0.25, 0.3) is 0 Å². The molecule has 0 bridgehead atoms. The summed E-state index contributed by atoms with van der Waals surface area (Å²) < 4.78 is 4.95. The second kappa shape index (κ2) is 5.11. The first-order valence-electron chi connectivity index (χ1n) is 6.64. The van der Waals surface area contributed by atoms with Crippen LogP contribution < -0.4 is 10.1 Å². The van der Waals surface area contributed by atoms with Crippen molar-refractivity contribution in [3.05, 3.63) is 23.8 Å². The van der Waals surface area contributed by atoms with Gasteiger partial charge in [-0.3, -0.25) is 4.79 Å². The van der Waals surface area contributed by atoms with Crippen molar-refractivity contribution in [3.8, 4) is 11.5 Å². The van der Waals surface area contributed by atoms with Gasteiger partial charge in [0.25, 0.3) is 5.91 Å². The Morgan fingerprint density at radius 1 is 1.47 bits per heavy atom. The Kier molecular flexibility index (Phi) is 3.69. The first-order chi connectivity index (χ1) is 8.98. The smallest absolute Gasteiger partial charge is 0.251 e. The summed E-state index contributed by atoms with van der Waals surface area (Å²) in [7, 11) is 1.48. The van der Waals surface area contributed by atoms with Gasteiger partial charge in [-0.05, 0) is 42.4 Å². The van der Waals surface area contributed by atoms with Crippen molar-refractivity contribution in [2.45, 2.75) is 26.7 Å². The monoisotopic (exact) mass is 263 g/mol. The molecular formula is C15H21NO3. The molecule has 1 saturated carbocycles. The van der Waals surface area contributed by atoms with Gasteiger partial charge in [0.2, 0.25) is 0 Å². The fourth-order valence-corrected chi connectivity index (χ4v) is 2.31. The molecule has 19 heavy (non-hydrogen) atoms. The fraction of sp³-hybridized carbons (Fsp3) is 0.533. The second-order valence-electron chi connectivity index (χ2n) is 5.59. The Hall–Kier alpha value is -1.71.